The van der Waals surface area contributed by atoms with E-state index in [-0.39, 0.29) is 16.3 Å². The molecule has 2 rings (SSSR count). The first kappa shape index (κ1) is 18.7. The largest absolute Gasteiger partial charge is 0.348 e. The fourth-order valence-corrected chi connectivity index (χ4v) is 2.14. The summed E-state index contributed by atoms with van der Waals surface area (Å²) in [5, 5.41) is 5.54. The quantitative estimate of drug-likeness (QED) is 0.717. The molecule has 0 saturated carbocycles. The van der Waals surface area contributed by atoms with Crippen LogP contribution in [0.3, 0.4) is 0 Å². The molecule has 0 spiro atoms. The molecule has 0 radical (unpaired) electrons. The summed E-state index contributed by atoms with van der Waals surface area (Å²) in [4.78, 5) is 23.5. The van der Waals surface area contributed by atoms with Crippen LogP contribution in [0.25, 0.3) is 6.08 Å². The lowest BCUT2D eigenvalue weighted by Crippen LogP contribution is -2.20. The predicted octanol–water partition coefficient (Wildman–Crippen LogP) is 4.17. The van der Waals surface area contributed by atoms with Crippen LogP contribution in [-0.2, 0) is 16.1 Å². The van der Waals surface area contributed by atoms with Gasteiger partial charge in [0.15, 0.2) is 0 Å². The van der Waals surface area contributed by atoms with E-state index in [1.807, 2.05) is 37.3 Å². The van der Waals surface area contributed by atoms with Crippen molar-refractivity contribution in [3.63, 3.8) is 0 Å². The molecule has 0 aromatic heterocycles. The summed E-state index contributed by atoms with van der Waals surface area (Å²) in [5.41, 5.74) is 3.67. The first-order chi connectivity index (χ1) is 11.9. The van der Waals surface area contributed by atoms with Gasteiger partial charge in [-0.3, -0.25) is 9.59 Å². The first-order valence-corrected chi connectivity index (χ1v) is 8.50. The molecule has 0 unspecified atom stereocenters. The van der Waals surface area contributed by atoms with Crippen LogP contribution in [0.5, 0.6) is 0 Å². The molecule has 2 amide bonds. The third-order valence-electron chi connectivity index (χ3n) is 3.41. The molecule has 4 nitrogen and oxygen atoms in total. The van der Waals surface area contributed by atoms with Crippen LogP contribution >= 0.6 is 15.9 Å². The highest BCUT2D eigenvalue weighted by Crippen LogP contribution is 2.14. The van der Waals surface area contributed by atoms with Crippen molar-refractivity contribution in [2.24, 2.45) is 0 Å². The van der Waals surface area contributed by atoms with Crippen molar-refractivity contribution in [2.45, 2.75) is 13.5 Å². The second kappa shape index (κ2) is 8.99. The van der Waals surface area contributed by atoms with Crippen molar-refractivity contribution in [3.05, 3.63) is 82.4 Å². The Bertz CT molecular complexity index is 811. The highest BCUT2D eigenvalue weighted by molar-refractivity contribution is 9.12. The van der Waals surface area contributed by atoms with Crippen molar-refractivity contribution >= 4 is 39.5 Å². The molecular formula is C20H19BrN2O2. The summed E-state index contributed by atoms with van der Waals surface area (Å²) in [6.45, 7) is 6.02. The first-order valence-electron chi connectivity index (χ1n) is 7.71. The van der Waals surface area contributed by atoms with Crippen LogP contribution in [0.2, 0.25) is 0 Å². The maximum Gasteiger partial charge on any atom is 0.262 e. The smallest absolute Gasteiger partial charge is 0.262 e. The van der Waals surface area contributed by atoms with Gasteiger partial charge in [0.1, 0.15) is 0 Å². The number of hydrogen-bond donors (Lipinski definition) is 2. The van der Waals surface area contributed by atoms with Crippen LogP contribution in [0.1, 0.15) is 16.7 Å². The van der Waals surface area contributed by atoms with E-state index in [2.05, 4.69) is 33.1 Å². The zero-order valence-corrected chi connectivity index (χ0v) is 15.5. The number of nitrogens with one attached hydrogen (secondary N) is 2. The van der Waals surface area contributed by atoms with Crippen molar-refractivity contribution < 1.29 is 9.59 Å². The van der Waals surface area contributed by atoms with Crippen LogP contribution in [0.4, 0.5) is 5.69 Å². The summed E-state index contributed by atoms with van der Waals surface area (Å²) in [6, 6.07) is 15.2. The van der Waals surface area contributed by atoms with E-state index in [9.17, 15) is 9.59 Å². The SMILES string of the molecule is C=C(Br)C(=O)Nc1cccc(/C=C/C(=O)NCc2ccc(C)cc2)c1. The van der Waals surface area contributed by atoms with E-state index in [1.54, 1.807) is 24.3 Å². The summed E-state index contributed by atoms with van der Waals surface area (Å²) < 4.78 is 0.254. The van der Waals surface area contributed by atoms with Crippen LogP contribution in [-0.4, -0.2) is 11.8 Å². The lowest BCUT2D eigenvalue weighted by atomic mass is 10.1. The second-order valence-corrected chi connectivity index (χ2v) is 6.48. The molecule has 0 heterocycles. The van der Waals surface area contributed by atoms with E-state index in [4.69, 9.17) is 0 Å². The molecule has 0 aliphatic rings. The fourth-order valence-electron chi connectivity index (χ4n) is 2.04. The number of anilines is 1. The Labute approximate surface area is 155 Å². The van der Waals surface area contributed by atoms with E-state index in [1.165, 1.54) is 11.6 Å². The molecule has 2 aromatic rings. The Hall–Kier alpha value is -2.66. The molecule has 5 heteroatoms. The number of hydrogen-bond acceptors (Lipinski definition) is 2. The molecule has 0 aliphatic heterocycles. The van der Waals surface area contributed by atoms with Crippen molar-refractivity contribution in [1.29, 1.82) is 0 Å². The van der Waals surface area contributed by atoms with Crippen LogP contribution in [0, 0.1) is 6.92 Å². The van der Waals surface area contributed by atoms with Crippen molar-refractivity contribution in [2.75, 3.05) is 5.32 Å². The minimum absolute atomic E-state index is 0.177. The third-order valence-corrected chi connectivity index (χ3v) is 3.77. The summed E-state index contributed by atoms with van der Waals surface area (Å²) >= 11 is 3.03. The van der Waals surface area contributed by atoms with Gasteiger partial charge in [-0.2, -0.15) is 0 Å². The lowest BCUT2D eigenvalue weighted by molar-refractivity contribution is -0.116. The van der Waals surface area contributed by atoms with E-state index in [0.29, 0.717) is 12.2 Å². The van der Waals surface area contributed by atoms with Crippen molar-refractivity contribution in [3.8, 4) is 0 Å². The monoisotopic (exact) mass is 398 g/mol. The predicted molar refractivity (Wildman–Crippen MR) is 105 cm³/mol. The van der Waals surface area contributed by atoms with Gasteiger partial charge in [-0.05, 0) is 52.2 Å². The van der Waals surface area contributed by atoms with Gasteiger partial charge < -0.3 is 10.6 Å². The van der Waals surface area contributed by atoms with Gasteiger partial charge in [0, 0.05) is 18.3 Å². The number of halogens is 1. The highest BCUT2D eigenvalue weighted by Gasteiger charge is 2.04. The molecule has 0 atom stereocenters. The normalized spacial score (nSPS) is 10.5. The van der Waals surface area contributed by atoms with Crippen molar-refractivity contribution in [1.82, 2.24) is 5.32 Å². The fraction of sp³-hybridized carbons (Fsp3) is 0.100. The van der Waals surface area contributed by atoms with Gasteiger partial charge in [-0.15, -0.1) is 0 Å². The summed E-state index contributed by atoms with van der Waals surface area (Å²) in [7, 11) is 0. The van der Waals surface area contributed by atoms with Gasteiger partial charge in [0.2, 0.25) is 5.91 Å². The average molecular weight is 399 g/mol. The molecule has 128 valence electrons. The molecule has 0 bridgehead atoms. The molecule has 25 heavy (non-hydrogen) atoms. The molecule has 2 aromatic carbocycles. The van der Waals surface area contributed by atoms with Gasteiger partial charge in [0.25, 0.3) is 5.91 Å². The van der Waals surface area contributed by atoms with E-state index < -0.39 is 0 Å². The Kier molecular flexibility index (Phi) is 6.71. The second-order valence-electron chi connectivity index (χ2n) is 5.52. The maximum absolute atomic E-state index is 11.9. The average Bonchev–Trinajstić information content (AvgIpc) is 2.59. The lowest BCUT2D eigenvalue weighted by Gasteiger charge is -2.05. The summed E-state index contributed by atoms with van der Waals surface area (Å²) in [6.07, 6.45) is 3.17. The Morgan fingerprint density at radius 2 is 1.88 bits per heavy atom. The minimum Gasteiger partial charge on any atom is -0.348 e. The number of carbonyl (C=O) groups is 2. The zero-order valence-electron chi connectivity index (χ0n) is 13.9. The summed E-state index contributed by atoms with van der Waals surface area (Å²) in [5.74, 6) is -0.485. The van der Waals surface area contributed by atoms with Gasteiger partial charge in [0.05, 0.1) is 4.48 Å². The standard InChI is InChI=1S/C20H19BrN2O2/c1-14-6-8-17(9-7-14)13-22-19(24)11-10-16-4-3-5-18(12-16)23-20(25)15(2)21/h3-12H,2,13H2,1H3,(H,22,24)(H,23,25)/b11-10+. The Morgan fingerprint density at radius 3 is 2.56 bits per heavy atom. The number of carbonyl (C=O) groups excluding carboxylic acids is 2. The number of amides is 2. The molecule has 0 saturated heterocycles. The molecule has 0 aliphatic carbocycles. The maximum atomic E-state index is 11.9. The Balaban J connectivity index is 1.91. The third kappa shape index (κ3) is 6.39. The van der Waals surface area contributed by atoms with Gasteiger partial charge in [-0.1, -0.05) is 48.5 Å². The van der Waals surface area contributed by atoms with Gasteiger partial charge in [-0.25, -0.2) is 0 Å². The zero-order chi connectivity index (χ0) is 18.2. The molecular weight excluding hydrogens is 380 g/mol. The minimum atomic E-state index is -0.308. The number of aryl methyl sites for hydroxylation is 1. The topological polar surface area (TPSA) is 58.2 Å². The Morgan fingerprint density at radius 1 is 1.16 bits per heavy atom. The van der Waals surface area contributed by atoms with E-state index >= 15 is 0 Å². The molecule has 0 fully saturated rings. The highest BCUT2D eigenvalue weighted by atomic mass is 79.9. The van der Waals surface area contributed by atoms with Gasteiger partial charge >= 0.3 is 0 Å². The van der Waals surface area contributed by atoms with E-state index in [0.717, 1.165) is 11.1 Å². The number of benzene rings is 2. The number of rotatable bonds is 6. The van der Waals surface area contributed by atoms with Crippen LogP contribution < -0.4 is 10.6 Å². The van der Waals surface area contributed by atoms with Crippen LogP contribution in [0.15, 0.2) is 65.7 Å². The molecule has 2 N–H and O–H groups in total.